The molecular formula is C14H10FN3O. The number of benzene rings is 1. The quantitative estimate of drug-likeness (QED) is 0.706. The molecule has 3 aromatic rings. The Morgan fingerprint density at radius 1 is 1.05 bits per heavy atom. The Morgan fingerprint density at radius 3 is 2.68 bits per heavy atom. The number of fused-ring (bicyclic) bond motifs is 1. The van der Waals surface area contributed by atoms with Crippen LogP contribution >= 0.6 is 0 Å². The molecular weight excluding hydrogens is 245 g/mol. The van der Waals surface area contributed by atoms with Crippen molar-refractivity contribution in [2.45, 2.75) is 0 Å². The average Bonchev–Trinajstić information content (AvgIpc) is 2.47. The molecule has 0 aliphatic rings. The monoisotopic (exact) mass is 255 g/mol. The second kappa shape index (κ2) is 4.61. The highest BCUT2D eigenvalue weighted by atomic mass is 19.1. The molecule has 0 aliphatic heterocycles. The fraction of sp³-hybridized carbons (Fsp3) is 0.0714. The highest BCUT2D eigenvalue weighted by molar-refractivity contribution is 5.82. The largest absolute Gasteiger partial charge is 0.480 e. The van der Waals surface area contributed by atoms with E-state index in [1.807, 2.05) is 6.07 Å². The van der Waals surface area contributed by atoms with E-state index in [1.165, 1.54) is 19.2 Å². The van der Waals surface area contributed by atoms with Gasteiger partial charge in [-0.25, -0.2) is 4.39 Å². The van der Waals surface area contributed by atoms with Crippen LogP contribution in [0.4, 0.5) is 4.39 Å². The molecule has 0 atom stereocenters. The fourth-order valence-corrected chi connectivity index (χ4v) is 1.82. The van der Waals surface area contributed by atoms with Gasteiger partial charge in [0.2, 0.25) is 5.88 Å². The Hall–Kier alpha value is -2.56. The summed E-state index contributed by atoms with van der Waals surface area (Å²) in [4.78, 5) is 4.22. The summed E-state index contributed by atoms with van der Waals surface area (Å²) in [6, 6.07) is 9.94. The number of halogens is 1. The highest BCUT2D eigenvalue weighted by Gasteiger charge is 2.04. The summed E-state index contributed by atoms with van der Waals surface area (Å²) in [5.41, 5.74) is 2.14. The summed E-state index contributed by atoms with van der Waals surface area (Å²) < 4.78 is 18.0. The fourth-order valence-electron chi connectivity index (χ4n) is 1.82. The standard InChI is InChI=1S/C14H10FN3O/c1-19-14-5-4-12(17-18-14)10-6-9-2-3-11(15)7-13(9)16-8-10/h2-8H,1H3. The van der Waals surface area contributed by atoms with Gasteiger partial charge < -0.3 is 4.74 Å². The van der Waals surface area contributed by atoms with E-state index in [-0.39, 0.29) is 5.82 Å². The molecule has 94 valence electrons. The van der Waals surface area contributed by atoms with Crippen molar-refractivity contribution in [3.63, 3.8) is 0 Å². The summed E-state index contributed by atoms with van der Waals surface area (Å²) in [7, 11) is 1.54. The molecule has 5 heteroatoms. The predicted molar refractivity (Wildman–Crippen MR) is 69.3 cm³/mol. The van der Waals surface area contributed by atoms with Gasteiger partial charge in [0.25, 0.3) is 0 Å². The van der Waals surface area contributed by atoms with Crippen LogP contribution in [0.2, 0.25) is 0 Å². The molecule has 0 spiro atoms. The third kappa shape index (κ3) is 2.22. The van der Waals surface area contributed by atoms with E-state index < -0.39 is 0 Å². The lowest BCUT2D eigenvalue weighted by Gasteiger charge is -2.03. The van der Waals surface area contributed by atoms with Crippen LogP contribution in [0, 0.1) is 5.82 Å². The first-order valence-corrected chi connectivity index (χ1v) is 5.70. The molecule has 0 saturated carbocycles. The maximum absolute atomic E-state index is 13.1. The number of hydrogen-bond acceptors (Lipinski definition) is 4. The number of methoxy groups -OCH3 is 1. The summed E-state index contributed by atoms with van der Waals surface area (Å²) in [6.45, 7) is 0. The molecule has 2 heterocycles. The molecule has 0 radical (unpaired) electrons. The Kier molecular flexibility index (Phi) is 2.79. The Bertz CT molecular complexity index is 728. The third-order valence-corrected chi connectivity index (χ3v) is 2.79. The van der Waals surface area contributed by atoms with Crippen LogP contribution in [-0.2, 0) is 0 Å². The first kappa shape index (κ1) is 11.5. The van der Waals surface area contributed by atoms with Crippen LogP contribution in [0.1, 0.15) is 0 Å². The van der Waals surface area contributed by atoms with E-state index in [4.69, 9.17) is 4.74 Å². The number of rotatable bonds is 2. The van der Waals surface area contributed by atoms with Crippen LogP contribution in [0.3, 0.4) is 0 Å². The van der Waals surface area contributed by atoms with Crippen molar-refractivity contribution in [1.82, 2.24) is 15.2 Å². The van der Waals surface area contributed by atoms with Gasteiger partial charge in [0, 0.05) is 29.3 Å². The van der Waals surface area contributed by atoms with E-state index in [1.54, 1.807) is 24.4 Å². The zero-order valence-electron chi connectivity index (χ0n) is 10.2. The number of pyridine rings is 1. The van der Waals surface area contributed by atoms with E-state index in [2.05, 4.69) is 15.2 Å². The molecule has 0 N–H and O–H groups in total. The van der Waals surface area contributed by atoms with Crippen LogP contribution in [-0.4, -0.2) is 22.3 Å². The second-order valence-electron chi connectivity index (χ2n) is 4.02. The molecule has 0 bridgehead atoms. The summed E-state index contributed by atoms with van der Waals surface area (Å²) in [5, 5.41) is 8.82. The summed E-state index contributed by atoms with van der Waals surface area (Å²) in [6.07, 6.45) is 1.65. The van der Waals surface area contributed by atoms with E-state index >= 15 is 0 Å². The number of hydrogen-bond donors (Lipinski definition) is 0. The molecule has 2 aromatic heterocycles. The van der Waals surface area contributed by atoms with E-state index in [9.17, 15) is 4.39 Å². The number of nitrogens with zero attached hydrogens (tertiary/aromatic N) is 3. The van der Waals surface area contributed by atoms with E-state index in [0.29, 0.717) is 17.1 Å². The van der Waals surface area contributed by atoms with Gasteiger partial charge >= 0.3 is 0 Å². The minimum Gasteiger partial charge on any atom is -0.480 e. The molecule has 0 amide bonds. The zero-order valence-corrected chi connectivity index (χ0v) is 10.2. The molecule has 19 heavy (non-hydrogen) atoms. The minimum atomic E-state index is -0.294. The number of ether oxygens (including phenoxy) is 1. The lowest BCUT2D eigenvalue weighted by Crippen LogP contribution is -1.92. The van der Waals surface area contributed by atoms with Gasteiger partial charge in [0.15, 0.2) is 0 Å². The highest BCUT2D eigenvalue weighted by Crippen LogP contribution is 2.22. The first-order valence-electron chi connectivity index (χ1n) is 5.70. The van der Waals surface area contributed by atoms with Gasteiger partial charge in [0.1, 0.15) is 5.82 Å². The Balaban J connectivity index is 2.06. The minimum absolute atomic E-state index is 0.294. The van der Waals surface area contributed by atoms with E-state index in [0.717, 1.165) is 10.9 Å². The van der Waals surface area contributed by atoms with Gasteiger partial charge in [-0.3, -0.25) is 4.98 Å². The molecule has 0 saturated heterocycles. The third-order valence-electron chi connectivity index (χ3n) is 2.79. The van der Waals surface area contributed by atoms with Gasteiger partial charge in [-0.2, -0.15) is 0 Å². The normalized spacial score (nSPS) is 10.6. The van der Waals surface area contributed by atoms with Crippen molar-refractivity contribution in [2.24, 2.45) is 0 Å². The molecule has 1 aromatic carbocycles. The second-order valence-corrected chi connectivity index (χ2v) is 4.02. The van der Waals surface area contributed by atoms with Crippen molar-refractivity contribution in [3.05, 3.63) is 48.4 Å². The van der Waals surface area contributed by atoms with Gasteiger partial charge in [-0.1, -0.05) is 0 Å². The summed E-state index contributed by atoms with van der Waals surface area (Å²) in [5.74, 6) is 0.163. The first-order chi connectivity index (χ1) is 9.26. The zero-order chi connectivity index (χ0) is 13.2. The maximum Gasteiger partial charge on any atom is 0.233 e. The van der Waals surface area contributed by atoms with Crippen molar-refractivity contribution in [2.75, 3.05) is 7.11 Å². The van der Waals surface area contributed by atoms with Gasteiger partial charge in [0.05, 0.1) is 18.3 Å². The predicted octanol–water partition coefficient (Wildman–Crippen LogP) is 2.84. The van der Waals surface area contributed by atoms with Crippen LogP contribution in [0.25, 0.3) is 22.2 Å². The van der Waals surface area contributed by atoms with Crippen LogP contribution in [0.15, 0.2) is 42.6 Å². The van der Waals surface area contributed by atoms with Crippen LogP contribution in [0.5, 0.6) is 5.88 Å². The Morgan fingerprint density at radius 2 is 1.95 bits per heavy atom. The molecule has 0 fully saturated rings. The maximum atomic E-state index is 13.1. The molecule has 4 nitrogen and oxygen atoms in total. The topological polar surface area (TPSA) is 47.9 Å². The average molecular weight is 255 g/mol. The van der Waals surface area contributed by atoms with Crippen molar-refractivity contribution in [3.8, 4) is 17.1 Å². The van der Waals surface area contributed by atoms with Crippen molar-refractivity contribution < 1.29 is 9.13 Å². The lowest BCUT2D eigenvalue weighted by atomic mass is 10.1. The van der Waals surface area contributed by atoms with Gasteiger partial charge in [-0.05, 0) is 24.3 Å². The van der Waals surface area contributed by atoms with Crippen molar-refractivity contribution in [1.29, 1.82) is 0 Å². The summed E-state index contributed by atoms with van der Waals surface area (Å²) >= 11 is 0. The molecule has 3 rings (SSSR count). The van der Waals surface area contributed by atoms with Crippen LogP contribution < -0.4 is 4.74 Å². The molecule has 0 aliphatic carbocycles. The Labute approximate surface area is 108 Å². The van der Waals surface area contributed by atoms with Crippen molar-refractivity contribution >= 4 is 10.9 Å². The lowest BCUT2D eigenvalue weighted by molar-refractivity contribution is 0.392. The SMILES string of the molecule is COc1ccc(-c2cnc3cc(F)ccc3c2)nn1. The molecule has 0 unspecified atom stereocenters. The van der Waals surface area contributed by atoms with Gasteiger partial charge in [-0.15, -0.1) is 10.2 Å². The smallest absolute Gasteiger partial charge is 0.233 e. The number of aromatic nitrogens is 3.